The number of tetrazole rings is 1. The zero-order chi connectivity index (χ0) is 21.0. The summed E-state index contributed by atoms with van der Waals surface area (Å²) in [5, 5.41) is 12.5. The summed E-state index contributed by atoms with van der Waals surface area (Å²) in [5.41, 5.74) is 4.43. The SMILES string of the molecule is COC(=O)CCCn1c(C)cc(C(=O)Cn2nnc(-c3ccccc3C)n2)c1C. The molecule has 1 aromatic carbocycles. The molecule has 0 unspecified atom stereocenters. The van der Waals surface area contributed by atoms with E-state index in [0.717, 1.165) is 22.5 Å². The quantitative estimate of drug-likeness (QED) is 0.430. The summed E-state index contributed by atoms with van der Waals surface area (Å²) in [5.74, 6) is 0.195. The molecule has 0 radical (unpaired) electrons. The Morgan fingerprint density at radius 3 is 2.62 bits per heavy atom. The first kappa shape index (κ1) is 20.4. The van der Waals surface area contributed by atoms with Crippen LogP contribution in [0.2, 0.25) is 0 Å². The lowest BCUT2D eigenvalue weighted by Crippen LogP contribution is -2.14. The molecule has 3 aromatic rings. The number of aryl methyl sites for hydroxylation is 2. The maximum Gasteiger partial charge on any atom is 0.305 e. The molecule has 0 aliphatic rings. The van der Waals surface area contributed by atoms with Gasteiger partial charge in [-0.2, -0.15) is 4.80 Å². The standard InChI is InChI=1S/C21H25N5O3/c1-14-8-5-6-9-17(14)21-22-24-26(23-21)13-19(27)18-12-15(2)25(16(18)3)11-7-10-20(28)29-4/h5-6,8-9,12H,7,10-11,13H2,1-4H3. The molecule has 3 rings (SSSR count). The van der Waals surface area contributed by atoms with Gasteiger partial charge in [-0.1, -0.05) is 24.3 Å². The van der Waals surface area contributed by atoms with Gasteiger partial charge in [0.2, 0.25) is 5.82 Å². The highest BCUT2D eigenvalue weighted by molar-refractivity contribution is 5.97. The van der Waals surface area contributed by atoms with Crippen molar-refractivity contribution in [3.05, 3.63) is 52.8 Å². The Kier molecular flexibility index (Phi) is 6.21. The molecule has 0 bridgehead atoms. The van der Waals surface area contributed by atoms with Crippen LogP contribution in [0.15, 0.2) is 30.3 Å². The molecular formula is C21H25N5O3. The zero-order valence-electron chi connectivity index (χ0n) is 17.2. The first-order valence-electron chi connectivity index (χ1n) is 9.51. The number of hydrogen-bond donors (Lipinski definition) is 0. The van der Waals surface area contributed by atoms with Crippen LogP contribution in [0.3, 0.4) is 0 Å². The van der Waals surface area contributed by atoms with Gasteiger partial charge < -0.3 is 9.30 Å². The van der Waals surface area contributed by atoms with Crippen LogP contribution in [0.4, 0.5) is 0 Å². The van der Waals surface area contributed by atoms with E-state index >= 15 is 0 Å². The van der Waals surface area contributed by atoms with Gasteiger partial charge in [0.05, 0.1) is 7.11 Å². The Balaban J connectivity index is 1.71. The summed E-state index contributed by atoms with van der Waals surface area (Å²) in [6.45, 7) is 6.51. The van der Waals surface area contributed by atoms with Crippen molar-refractivity contribution in [1.82, 2.24) is 24.8 Å². The number of ketones is 1. The average molecular weight is 395 g/mol. The van der Waals surface area contributed by atoms with Crippen molar-refractivity contribution in [1.29, 1.82) is 0 Å². The predicted molar refractivity (Wildman–Crippen MR) is 107 cm³/mol. The lowest BCUT2D eigenvalue weighted by atomic mass is 10.1. The number of carbonyl (C=O) groups is 2. The molecule has 2 aromatic heterocycles. The summed E-state index contributed by atoms with van der Waals surface area (Å²) in [6, 6.07) is 9.66. The molecule has 0 saturated heterocycles. The van der Waals surface area contributed by atoms with Gasteiger partial charge >= 0.3 is 5.97 Å². The highest BCUT2D eigenvalue weighted by atomic mass is 16.5. The van der Waals surface area contributed by atoms with E-state index in [-0.39, 0.29) is 18.3 Å². The molecule has 8 nitrogen and oxygen atoms in total. The first-order valence-corrected chi connectivity index (χ1v) is 9.51. The monoisotopic (exact) mass is 395 g/mol. The number of rotatable bonds is 8. The number of ether oxygens (including phenoxy) is 1. The largest absolute Gasteiger partial charge is 0.469 e. The predicted octanol–water partition coefficient (Wildman–Crippen LogP) is 2.90. The van der Waals surface area contributed by atoms with Gasteiger partial charge in [-0.15, -0.1) is 10.2 Å². The van der Waals surface area contributed by atoms with Gasteiger partial charge in [-0.05, 0) is 44.0 Å². The maximum atomic E-state index is 12.8. The van der Waals surface area contributed by atoms with Crippen LogP contribution in [0.5, 0.6) is 0 Å². The lowest BCUT2D eigenvalue weighted by molar-refractivity contribution is -0.140. The number of hydrogen-bond acceptors (Lipinski definition) is 6. The van der Waals surface area contributed by atoms with Crippen molar-refractivity contribution in [3.63, 3.8) is 0 Å². The average Bonchev–Trinajstić information content (AvgIpc) is 3.27. The van der Waals surface area contributed by atoms with E-state index in [0.29, 0.717) is 30.8 Å². The van der Waals surface area contributed by atoms with Crippen LogP contribution in [-0.4, -0.2) is 43.6 Å². The van der Waals surface area contributed by atoms with E-state index in [9.17, 15) is 9.59 Å². The summed E-state index contributed by atoms with van der Waals surface area (Å²) in [4.78, 5) is 25.5. The number of aromatic nitrogens is 5. The number of benzene rings is 1. The van der Waals surface area contributed by atoms with Crippen molar-refractivity contribution < 1.29 is 14.3 Å². The Morgan fingerprint density at radius 2 is 1.90 bits per heavy atom. The normalized spacial score (nSPS) is 10.9. The van der Waals surface area contributed by atoms with E-state index in [1.807, 2.05) is 55.7 Å². The van der Waals surface area contributed by atoms with Crippen LogP contribution in [0.1, 0.15) is 40.2 Å². The Labute approximate surface area is 169 Å². The topological polar surface area (TPSA) is 91.9 Å². The van der Waals surface area contributed by atoms with Gasteiger partial charge in [0.1, 0.15) is 6.54 Å². The number of esters is 1. The maximum absolute atomic E-state index is 12.8. The third kappa shape index (κ3) is 4.59. The Morgan fingerprint density at radius 1 is 1.14 bits per heavy atom. The van der Waals surface area contributed by atoms with Crippen molar-refractivity contribution in [2.45, 2.75) is 46.7 Å². The van der Waals surface area contributed by atoms with Crippen molar-refractivity contribution in [3.8, 4) is 11.4 Å². The van der Waals surface area contributed by atoms with Crippen LogP contribution in [-0.2, 0) is 22.6 Å². The van der Waals surface area contributed by atoms with Gasteiger partial charge in [0.25, 0.3) is 0 Å². The zero-order valence-corrected chi connectivity index (χ0v) is 17.2. The van der Waals surface area contributed by atoms with Crippen LogP contribution in [0.25, 0.3) is 11.4 Å². The van der Waals surface area contributed by atoms with E-state index < -0.39 is 0 Å². The van der Waals surface area contributed by atoms with Crippen molar-refractivity contribution in [2.75, 3.05) is 7.11 Å². The molecule has 0 N–H and O–H groups in total. The van der Waals surface area contributed by atoms with Crippen molar-refractivity contribution in [2.24, 2.45) is 0 Å². The second kappa shape index (κ2) is 8.81. The summed E-state index contributed by atoms with van der Waals surface area (Å²) in [6.07, 6.45) is 1.00. The molecule has 0 saturated carbocycles. The van der Waals surface area contributed by atoms with Gasteiger partial charge in [0, 0.05) is 35.5 Å². The lowest BCUT2D eigenvalue weighted by Gasteiger charge is -2.09. The Bertz CT molecular complexity index is 1030. The van der Waals surface area contributed by atoms with Gasteiger partial charge in [0.15, 0.2) is 5.78 Å². The second-order valence-electron chi connectivity index (χ2n) is 7.00. The first-order chi connectivity index (χ1) is 13.9. The van der Waals surface area contributed by atoms with E-state index in [1.54, 1.807) is 0 Å². The fraction of sp³-hybridized carbons (Fsp3) is 0.381. The smallest absolute Gasteiger partial charge is 0.305 e. The fourth-order valence-corrected chi connectivity index (χ4v) is 3.37. The third-order valence-electron chi connectivity index (χ3n) is 4.99. The van der Waals surface area contributed by atoms with Crippen LogP contribution in [0, 0.1) is 20.8 Å². The van der Waals surface area contributed by atoms with E-state index in [4.69, 9.17) is 0 Å². The number of methoxy groups -OCH3 is 1. The molecule has 8 heteroatoms. The molecule has 2 heterocycles. The molecule has 0 aliphatic carbocycles. The summed E-state index contributed by atoms with van der Waals surface area (Å²) < 4.78 is 6.72. The number of Topliss-reactive ketones (excluding diaryl/α,β-unsaturated/α-hetero) is 1. The van der Waals surface area contributed by atoms with Gasteiger partial charge in [-0.25, -0.2) is 0 Å². The molecule has 29 heavy (non-hydrogen) atoms. The van der Waals surface area contributed by atoms with Crippen molar-refractivity contribution >= 4 is 11.8 Å². The highest BCUT2D eigenvalue weighted by Gasteiger charge is 2.18. The second-order valence-corrected chi connectivity index (χ2v) is 7.00. The van der Waals surface area contributed by atoms with Crippen LogP contribution < -0.4 is 0 Å². The fourth-order valence-electron chi connectivity index (χ4n) is 3.37. The molecule has 0 aliphatic heterocycles. The van der Waals surface area contributed by atoms with E-state index in [2.05, 4.69) is 20.1 Å². The molecule has 0 spiro atoms. The van der Waals surface area contributed by atoms with Gasteiger partial charge in [-0.3, -0.25) is 9.59 Å². The van der Waals surface area contributed by atoms with E-state index in [1.165, 1.54) is 11.9 Å². The molecule has 0 amide bonds. The summed E-state index contributed by atoms with van der Waals surface area (Å²) in [7, 11) is 1.38. The minimum atomic E-state index is -0.231. The molecule has 152 valence electrons. The Hall–Kier alpha value is -3.29. The third-order valence-corrected chi connectivity index (χ3v) is 4.99. The van der Waals surface area contributed by atoms with Crippen LogP contribution >= 0.6 is 0 Å². The summed E-state index contributed by atoms with van der Waals surface area (Å²) >= 11 is 0. The molecule has 0 atom stereocenters. The molecule has 0 fully saturated rings. The molecular weight excluding hydrogens is 370 g/mol. The highest BCUT2D eigenvalue weighted by Crippen LogP contribution is 2.19. The number of carbonyl (C=O) groups excluding carboxylic acids is 2. The number of nitrogens with zero attached hydrogens (tertiary/aromatic N) is 5. The minimum Gasteiger partial charge on any atom is -0.469 e. The minimum absolute atomic E-state index is 0.0192.